The summed E-state index contributed by atoms with van der Waals surface area (Å²) in [6.07, 6.45) is -4.47. The van der Waals surface area contributed by atoms with E-state index in [1.165, 1.54) is 0 Å². The van der Waals surface area contributed by atoms with E-state index in [0.29, 0.717) is 0 Å². The van der Waals surface area contributed by atoms with Gasteiger partial charge in [0.15, 0.2) is 0 Å². The molecule has 0 bridgehead atoms. The fraction of sp³-hybridized carbons (Fsp3) is 0.286. The highest BCUT2D eigenvalue weighted by Gasteiger charge is 2.35. The van der Waals surface area contributed by atoms with Gasteiger partial charge in [0.05, 0.1) is 7.11 Å². The zero-order valence-corrected chi connectivity index (χ0v) is 6.72. The average Bonchev–Trinajstić information content (AvgIpc) is 2.01. The van der Waals surface area contributed by atoms with E-state index in [-0.39, 0.29) is 5.82 Å². The van der Waals surface area contributed by atoms with Gasteiger partial charge in [0, 0.05) is 0 Å². The zero-order valence-electron chi connectivity index (χ0n) is 6.72. The number of aromatic nitrogens is 1. The summed E-state index contributed by atoms with van der Waals surface area (Å²) in [4.78, 5) is 3.39. The van der Waals surface area contributed by atoms with Gasteiger partial charge >= 0.3 is 6.18 Å². The van der Waals surface area contributed by atoms with Crippen molar-refractivity contribution in [2.45, 2.75) is 6.18 Å². The van der Waals surface area contributed by atoms with E-state index in [1.54, 1.807) is 0 Å². The summed E-state index contributed by atoms with van der Waals surface area (Å²) in [5.74, 6) is -0.516. The van der Waals surface area contributed by atoms with Gasteiger partial charge in [-0.25, -0.2) is 0 Å². The van der Waals surface area contributed by atoms with Gasteiger partial charge in [-0.05, 0) is 12.1 Å². The molecular formula is C7H7F3N2O. The number of hydrogen-bond acceptors (Lipinski definition) is 3. The SMILES string of the molecule is COc1nc(N)ccc1C(F)(F)F. The summed E-state index contributed by atoms with van der Waals surface area (Å²) < 4.78 is 41.1. The molecule has 3 nitrogen and oxygen atoms in total. The molecular weight excluding hydrogens is 185 g/mol. The van der Waals surface area contributed by atoms with Crippen LogP contribution in [-0.4, -0.2) is 12.1 Å². The molecule has 1 aromatic heterocycles. The van der Waals surface area contributed by atoms with E-state index < -0.39 is 17.6 Å². The zero-order chi connectivity index (χ0) is 10.1. The molecule has 0 aliphatic carbocycles. The number of ether oxygens (including phenoxy) is 1. The topological polar surface area (TPSA) is 48.1 Å². The summed E-state index contributed by atoms with van der Waals surface area (Å²) in [5, 5.41) is 0. The standard InChI is InChI=1S/C7H7F3N2O/c1-13-6-4(7(8,9)10)2-3-5(11)12-6/h2-3H,1H3,(H2,11,12). The molecule has 0 radical (unpaired) electrons. The number of nitrogens with two attached hydrogens (primary N) is 1. The minimum atomic E-state index is -4.47. The van der Waals surface area contributed by atoms with E-state index in [2.05, 4.69) is 9.72 Å². The minimum absolute atomic E-state index is 0.00940. The lowest BCUT2D eigenvalue weighted by atomic mass is 10.2. The lowest BCUT2D eigenvalue weighted by Gasteiger charge is -2.10. The monoisotopic (exact) mass is 192 g/mol. The third-order valence-electron chi connectivity index (χ3n) is 1.38. The number of nitrogen functional groups attached to an aromatic ring is 1. The highest BCUT2D eigenvalue weighted by molar-refractivity contribution is 5.38. The van der Waals surface area contributed by atoms with E-state index in [0.717, 1.165) is 19.2 Å². The van der Waals surface area contributed by atoms with Crippen LogP contribution < -0.4 is 10.5 Å². The molecule has 0 aliphatic heterocycles. The molecule has 6 heteroatoms. The van der Waals surface area contributed by atoms with Crippen LogP contribution in [0.25, 0.3) is 0 Å². The molecule has 0 amide bonds. The molecule has 0 atom stereocenters. The van der Waals surface area contributed by atoms with Crippen molar-refractivity contribution < 1.29 is 17.9 Å². The predicted molar refractivity (Wildman–Crippen MR) is 40.2 cm³/mol. The van der Waals surface area contributed by atoms with Gasteiger partial charge in [-0.3, -0.25) is 0 Å². The first-order chi connectivity index (χ1) is 5.95. The second-order valence-electron chi connectivity index (χ2n) is 2.29. The second kappa shape index (κ2) is 3.12. The van der Waals surface area contributed by atoms with Crippen molar-refractivity contribution in [2.24, 2.45) is 0 Å². The number of hydrogen-bond donors (Lipinski definition) is 1. The number of anilines is 1. The lowest BCUT2D eigenvalue weighted by molar-refractivity contribution is -0.139. The first-order valence-corrected chi connectivity index (χ1v) is 3.33. The van der Waals surface area contributed by atoms with Crippen LogP contribution in [0, 0.1) is 0 Å². The molecule has 0 saturated heterocycles. The Labute approximate surface area is 72.3 Å². The molecule has 0 aliphatic rings. The van der Waals surface area contributed by atoms with Crippen LogP contribution in [0.1, 0.15) is 5.56 Å². The molecule has 13 heavy (non-hydrogen) atoms. The van der Waals surface area contributed by atoms with Gasteiger partial charge in [-0.1, -0.05) is 0 Å². The third kappa shape index (κ3) is 2.01. The highest BCUT2D eigenvalue weighted by atomic mass is 19.4. The maximum Gasteiger partial charge on any atom is 0.421 e. The molecule has 1 rings (SSSR count). The van der Waals surface area contributed by atoms with Gasteiger partial charge in [0.25, 0.3) is 0 Å². The molecule has 0 fully saturated rings. The van der Waals surface area contributed by atoms with Crippen molar-refractivity contribution in [2.75, 3.05) is 12.8 Å². The molecule has 2 N–H and O–H groups in total. The summed E-state index contributed by atoms with van der Waals surface area (Å²) in [5.41, 5.74) is 4.26. The molecule has 0 saturated carbocycles. The molecule has 1 heterocycles. The summed E-state index contributed by atoms with van der Waals surface area (Å²) in [7, 11) is 1.11. The largest absolute Gasteiger partial charge is 0.481 e. The van der Waals surface area contributed by atoms with Crippen LogP contribution >= 0.6 is 0 Å². The Morgan fingerprint density at radius 3 is 2.46 bits per heavy atom. The van der Waals surface area contributed by atoms with E-state index in [1.807, 2.05) is 0 Å². The van der Waals surface area contributed by atoms with Crippen LogP contribution in [0.2, 0.25) is 0 Å². The summed E-state index contributed by atoms with van der Waals surface area (Å²) >= 11 is 0. The van der Waals surface area contributed by atoms with Crippen molar-refractivity contribution in [1.29, 1.82) is 0 Å². The summed E-state index contributed by atoms with van der Waals surface area (Å²) in [6, 6.07) is 1.91. The van der Waals surface area contributed by atoms with E-state index in [4.69, 9.17) is 5.73 Å². The number of alkyl halides is 3. The predicted octanol–water partition coefficient (Wildman–Crippen LogP) is 1.69. The first kappa shape index (κ1) is 9.63. The Morgan fingerprint density at radius 2 is 2.00 bits per heavy atom. The quantitative estimate of drug-likeness (QED) is 0.736. The van der Waals surface area contributed by atoms with Crippen LogP contribution in [0.3, 0.4) is 0 Å². The van der Waals surface area contributed by atoms with Gasteiger partial charge in [-0.2, -0.15) is 18.2 Å². The maximum absolute atomic E-state index is 12.2. The van der Waals surface area contributed by atoms with Crippen LogP contribution in [0.4, 0.5) is 19.0 Å². The Bertz CT molecular complexity index is 311. The average molecular weight is 192 g/mol. The maximum atomic E-state index is 12.2. The van der Waals surface area contributed by atoms with Gasteiger partial charge < -0.3 is 10.5 Å². The van der Waals surface area contributed by atoms with Gasteiger partial charge in [-0.15, -0.1) is 0 Å². The van der Waals surface area contributed by atoms with Crippen molar-refractivity contribution in [1.82, 2.24) is 4.98 Å². The van der Waals surface area contributed by atoms with Crippen molar-refractivity contribution in [3.05, 3.63) is 17.7 Å². The Hall–Kier alpha value is -1.46. The molecule has 72 valence electrons. The van der Waals surface area contributed by atoms with E-state index in [9.17, 15) is 13.2 Å². The molecule has 1 aromatic rings. The second-order valence-corrected chi connectivity index (χ2v) is 2.29. The number of nitrogens with zero attached hydrogens (tertiary/aromatic N) is 1. The molecule has 0 unspecified atom stereocenters. The number of halogens is 3. The normalized spacial score (nSPS) is 11.4. The first-order valence-electron chi connectivity index (χ1n) is 3.33. The smallest absolute Gasteiger partial charge is 0.421 e. The fourth-order valence-electron chi connectivity index (χ4n) is 0.826. The van der Waals surface area contributed by atoms with Crippen molar-refractivity contribution in [3.8, 4) is 5.88 Å². The lowest BCUT2D eigenvalue weighted by Crippen LogP contribution is -2.09. The van der Waals surface area contributed by atoms with E-state index >= 15 is 0 Å². The van der Waals surface area contributed by atoms with Crippen LogP contribution in [-0.2, 0) is 6.18 Å². The summed E-state index contributed by atoms with van der Waals surface area (Å²) in [6.45, 7) is 0. The van der Waals surface area contributed by atoms with Crippen molar-refractivity contribution in [3.63, 3.8) is 0 Å². The number of pyridine rings is 1. The highest BCUT2D eigenvalue weighted by Crippen LogP contribution is 2.35. The van der Waals surface area contributed by atoms with Crippen LogP contribution in [0.15, 0.2) is 12.1 Å². The van der Waals surface area contributed by atoms with Gasteiger partial charge in [0.1, 0.15) is 11.4 Å². The third-order valence-corrected chi connectivity index (χ3v) is 1.38. The van der Waals surface area contributed by atoms with Gasteiger partial charge in [0.2, 0.25) is 5.88 Å². The Kier molecular flexibility index (Phi) is 2.31. The van der Waals surface area contributed by atoms with Crippen LogP contribution in [0.5, 0.6) is 5.88 Å². The molecule has 0 aromatic carbocycles. The fourth-order valence-corrected chi connectivity index (χ4v) is 0.826. The number of methoxy groups -OCH3 is 1. The van der Waals surface area contributed by atoms with Crippen molar-refractivity contribution >= 4 is 5.82 Å². The minimum Gasteiger partial charge on any atom is -0.481 e. The number of rotatable bonds is 1. The Balaban J connectivity index is 3.22. The Morgan fingerprint density at radius 1 is 1.38 bits per heavy atom. The molecule has 0 spiro atoms.